The quantitative estimate of drug-likeness (QED) is 0.391. The number of unbranched alkanes of at least 4 members (excludes halogenated alkanes) is 2. The van der Waals surface area contributed by atoms with E-state index >= 15 is 0 Å². The van der Waals surface area contributed by atoms with E-state index in [1.807, 2.05) is 30.3 Å². The first kappa shape index (κ1) is 17.2. The standard InChI is InChI=1S/C18H24O3/c1-4-5-7-12-16(19)13-17(14(2)18(20)21-3)15-10-8-6-9-11-15/h6,8-11,17H,2,4-5,7,12-13H2,1,3H3/t17-/m1/s1. The normalized spacial score (nSPS) is 11.7. The summed E-state index contributed by atoms with van der Waals surface area (Å²) in [7, 11) is 1.33. The fourth-order valence-electron chi connectivity index (χ4n) is 2.30. The van der Waals surface area contributed by atoms with Gasteiger partial charge in [-0.1, -0.05) is 56.7 Å². The number of methoxy groups -OCH3 is 1. The summed E-state index contributed by atoms with van der Waals surface area (Å²) in [5, 5.41) is 0. The smallest absolute Gasteiger partial charge is 0.333 e. The summed E-state index contributed by atoms with van der Waals surface area (Å²) in [6.07, 6.45) is 3.92. The number of ketones is 1. The first-order valence-corrected chi connectivity index (χ1v) is 7.43. The summed E-state index contributed by atoms with van der Waals surface area (Å²) in [6.45, 7) is 5.93. The Morgan fingerprint density at radius 2 is 1.86 bits per heavy atom. The van der Waals surface area contributed by atoms with Crippen LogP contribution in [0.5, 0.6) is 0 Å². The van der Waals surface area contributed by atoms with E-state index in [9.17, 15) is 9.59 Å². The highest BCUT2D eigenvalue weighted by Gasteiger charge is 2.23. The second kappa shape index (κ2) is 9.11. The Morgan fingerprint density at radius 1 is 1.19 bits per heavy atom. The average Bonchev–Trinajstić information content (AvgIpc) is 2.52. The summed E-state index contributed by atoms with van der Waals surface area (Å²) < 4.78 is 4.74. The Labute approximate surface area is 127 Å². The van der Waals surface area contributed by atoms with Crippen molar-refractivity contribution in [2.75, 3.05) is 7.11 Å². The van der Waals surface area contributed by atoms with E-state index in [0.717, 1.165) is 24.8 Å². The largest absolute Gasteiger partial charge is 0.466 e. The Balaban J connectivity index is 2.80. The molecule has 0 fully saturated rings. The van der Waals surface area contributed by atoms with Gasteiger partial charge in [0.15, 0.2) is 0 Å². The number of carbonyl (C=O) groups is 2. The van der Waals surface area contributed by atoms with Gasteiger partial charge in [-0.3, -0.25) is 4.79 Å². The lowest BCUT2D eigenvalue weighted by atomic mass is 9.86. The lowest BCUT2D eigenvalue weighted by Gasteiger charge is -2.18. The predicted octanol–water partition coefficient (Wildman–Crippen LogP) is 4.04. The van der Waals surface area contributed by atoms with E-state index in [0.29, 0.717) is 18.4 Å². The number of hydrogen-bond donors (Lipinski definition) is 0. The molecule has 1 aromatic rings. The van der Waals surface area contributed by atoms with Gasteiger partial charge in [0.2, 0.25) is 0 Å². The van der Waals surface area contributed by atoms with Crippen LogP contribution in [0.4, 0.5) is 0 Å². The third-order valence-corrected chi connectivity index (χ3v) is 3.56. The molecule has 21 heavy (non-hydrogen) atoms. The van der Waals surface area contributed by atoms with Gasteiger partial charge >= 0.3 is 5.97 Å². The van der Waals surface area contributed by atoms with Gasteiger partial charge in [-0.05, 0) is 12.0 Å². The highest BCUT2D eigenvalue weighted by molar-refractivity contribution is 5.91. The van der Waals surface area contributed by atoms with Gasteiger partial charge in [0.1, 0.15) is 5.78 Å². The van der Waals surface area contributed by atoms with Gasteiger partial charge in [0.05, 0.1) is 7.11 Å². The van der Waals surface area contributed by atoms with Gasteiger partial charge < -0.3 is 4.74 Å². The molecule has 0 aliphatic rings. The van der Waals surface area contributed by atoms with Gasteiger partial charge in [0, 0.05) is 24.3 Å². The molecule has 1 aromatic carbocycles. The van der Waals surface area contributed by atoms with Crippen LogP contribution in [-0.2, 0) is 14.3 Å². The van der Waals surface area contributed by atoms with Crippen molar-refractivity contribution in [2.45, 2.75) is 44.9 Å². The molecule has 0 aliphatic carbocycles. The number of carbonyl (C=O) groups excluding carboxylic acids is 2. The van der Waals surface area contributed by atoms with E-state index < -0.39 is 5.97 Å². The molecule has 0 N–H and O–H groups in total. The molecule has 0 radical (unpaired) electrons. The van der Waals surface area contributed by atoms with Crippen LogP contribution in [0.25, 0.3) is 0 Å². The summed E-state index contributed by atoms with van der Waals surface area (Å²) in [5.74, 6) is -0.583. The summed E-state index contributed by atoms with van der Waals surface area (Å²) in [4.78, 5) is 23.9. The minimum Gasteiger partial charge on any atom is -0.466 e. The first-order valence-electron chi connectivity index (χ1n) is 7.43. The zero-order chi connectivity index (χ0) is 15.7. The minimum atomic E-state index is -0.454. The molecule has 1 atom stereocenters. The van der Waals surface area contributed by atoms with Crippen molar-refractivity contribution in [3.8, 4) is 0 Å². The number of rotatable bonds is 9. The molecule has 114 valence electrons. The van der Waals surface area contributed by atoms with Crippen LogP contribution in [-0.4, -0.2) is 18.9 Å². The number of ether oxygens (including phenoxy) is 1. The third kappa shape index (κ3) is 5.54. The maximum absolute atomic E-state index is 12.1. The van der Waals surface area contributed by atoms with E-state index in [4.69, 9.17) is 4.74 Å². The molecule has 0 saturated carbocycles. The fraction of sp³-hybridized carbons (Fsp3) is 0.444. The predicted molar refractivity (Wildman–Crippen MR) is 84.1 cm³/mol. The number of benzene rings is 1. The zero-order valence-corrected chi connectivity index (χ0v) is 12.9. The summed E-state index contributed by atoms with van der Waals surface area (Å²) in [5.41, 5.74) is 1.27. The van der Waals surface area contributed by atoms with Crippen LogP contribution >= 0.6 is 0 Å². The Bertz CT molecular complexity index is 476. The number of esters is 1. The van der Waals surface area contributed by atoms with Gasteiger partial charge in [0.25, 0.3) is 0 Å². The second-order valence-electron chi connectivity index (χ2n) is 5.18. The van der Waals surface area contributed by atoms with Crippen molar-refractivity contribution in [3.05, 3.63) is 48.0 Å². The number of Topliss-reactive ketones (excluding diaryl/α,β-unsaturated/α-hetero) is 1. The van der Waals surface area contributed by atoms with E-state index in [2.05, 4.69) is 13.5 Å². The molecule has 0 heterocycles. The van der Waals surface area contributed by atoms with Crippen LogP contribution in [0.3, 0.4) is 0 Å². The summed E-state index contributed by atoms with van der Waals surface area (Å²) >= 11 is 0. The van der Waals surface area contributed by atoms with Gasteiger partial charge in [-0.25, -0.2) is 4.79 Å². The van der Waals surface area contributed by atoms with Crippen LogP contribution < -0.4 is 0 Å². The molecule has 0 unspecified atom stereocenters. The molecule has 0 amide bonds. The average molecular weight is 288 g/mol. The maximum Gasteiger partial charge on any atom is 0.333 e. The van der Waals surface area contributed by atoms with Gasteiger partial charge in [-0.15, -0.1) is 0 Å². The molecule has 3 nitrogen and oxygen atoms in total. The lowest BCUT2D eigenvalue weighted by Crippen LogP contribution is -2.16. The molecule has 0 aliphatic heterocycles. The fourth-order valence-corrected chi connectivity index (χ4v) is 2.30. The van der Waals surface area contributed by atoms with Crippen molar-refractivity contribution >= 4 is 11.8 Å². The number of hydrogen-bond acceptors (Lipinski definition) is 3. The first-order chi connectivity index (χ1) is 10.1. The minimum absolute atomic E-state index is 0.169. The molecular weight excluding hydrogens is 264 g/mol. The molecule has 0 bridgehead atoms. The van der Waals surface area contributed by atoms with Crippen LogP contribution in [0, 0.1) is 0 Å². The van der Waals surface area contributed by atoms with E-state index in [-0.39, 0.29) is 11.7 Å². The van der Waals surface area contributed by atoms with Crippen LogP contribution in [0.1, 0.15) is 50.5 Å². The molecule has 0 aromatic heterocycles. The molecule has 0 spiro atoms. The van der Waals surface area contributed by atoms with Crippen molar-refractivity contribution in [2.24, 2.45) is 0 Å². The van der Waals surface area contributed by atoms with Crippen molar-refractivity contribution < 1.29 is 14.3 Å². The maximum atomic E-state index is 12.1. The Kier molecular flexibility index (Phi) is 7.44. The van der Waals surface area contributed by atoms with E-state index in [1.54, 1.807) is 0 Å². The summed E-state index contributed by atoms with van der Waals surface area (Å²) in [6, 6.07) is 9.53. The SMILES string of the molecule is C=C(C(=O)OC)[C@@H](CC(=O)CCCCC)c1ccccc1. The van der Waals surface area contributed by atoms with Crippen molar-refractivity contribution in [1.29, 1.82) is 0 Å². The highest BCUT2D eigenvalue weighted by atomic mass is 16.5. The zero-order valence-electron chi connectivity index (χ0n) is 12.9. The molecule has 0 saturated heterocycles. The monoisotopic (exact) mass is 288 g/mol. The third-order valence-electron chi connectivity index (χ3n) is 3.56. The van der Waals surface area contributed by atoms with Crippen LogP contribution in [0.15, 0.2) is 42.5 Å². The van der Waals surface area contributed by atoms with Gasteiger partial charge in [-0.2, -0.15) is 0 Å². The Morgan fingerprint density at radius 3 is 2.43 bits per heavy atom. The topological polar surface area (TPSA) is 43.4 Å². The lowest BCUT2D eigenvalue weighted by molar-refractivity contribution is -0.136. The molecule has 3 heteroatoms. The second-order valence-corrected chi connectivity index (χ2v) is 5.18. The van der Waals surface area contributed by atoms with E-state index in [1.165, 1.54) is 7.11 Å². The highest BCUT2D eigenvalue weighted by Crippen LogP contribution is 2.28. The molecule has 1 rings (SSSR count). The molecular formula is C18H24O3. The Hall–Kier alpha value is -1.90. The van der Waals surface area contributed by atoms with Crippen molar-refractivity contribution in [3.63, 3.8) is 0 Å². The van der Waals surface area contributed by atoms with Crippen LogP contribution in [0.2, 0.25) is 0 Å². The van der Waals surface area contributed by atoms with Crippen molar-refractivity contribution in [1.82, 2.24) is 0 Å².